The Labute approximate surface area is 52.2 Å². The predicted molar refractivity (Wildman–Crippen MR) is 29.5 cm³/mol. The third-order valence-electron chi connectivity index (χ3n) is 0.970. The molecule has 0 bridgehead atoms. The summed E-state index contributed by atoms with van der Waals surface area (Å²) < 4.78 is 0. The molecule has 4 heteroatoms. The Kier molecular flexibility index (Phi) is 1.58. The van der Waals surface area contributed by atoms with Crippen molar-refractivity contribution in [2.24, 2.45) is 10.4 Å². The quantitative estimate of drug-likeness (QED) is 0.515. The van der Waals surface area contributed by atoms with Gasteiger partial charge in [0.1, 0.15) is 0 Å². The van der Waals surface area contributed by atoms with E-state index < -0.39 is 6.10 Å². The lowest BCUT2D eigenvalue weighted by molar-refractivity contribution is -0.123. The highest BCUT2D eigenvalue weighted by atomic mass is 16.7. The largest absolute Gasteiger partial charge is 0.365 e. The van der Waals surface area contributed by atoms with Gasteiger partial charge in [-0.05, 0) is 0 Å². The Bertz CT molecular complexity index is 164. The van der Waals surface area contributed by atoms with Crippen molar-refractivity contribution in [1.82, 2.24) is 0 Å². The predicted octanol–water partition coefficient (Wildman–Crippen LogP) is 0.855. The van der Waals surface area contributed by atoms with Crippen LogP contribution in [0.2, 0.25) is 0 Å². The van der Waals surface area contributed by atoms with Crippen LogP contribution in [0.3, 0.4) is 0 Å². The molecule has 1 atom stereocenters. The van der Waals surface area contributed by atoms with E-state index in [4.69, 9.17) is 0 Å². The molecule has 0 aliphatic carbocycles. The maximum atomic E-state index is 10.5. The first kappa shape index (κ1) is 5.94. The third-order valence-corrected chi connectivity index (χ3v) is 0.970. The maximum Gasteiger partial charge on any atom is 0.311 e. The first-order valence-corrected chi connectivity index (χ1v) is 2.56. The zero-order valence-corrected chi connectivity index (χ0v) is 4.78. The molecule has 0 aromatic carbocycles. The number of carbonyl (C=O) groups excluding carboxylic acids is 1. The van der Waals surface area contributed by atoms with E-state index in [9.17, 15) is 4.79 Å². The molecular formula is C5H6N2O2. The highest BCUT2D eigenvalue weighted by Crippen LogP contribution is 2.08. The molecule has 0 aromatic rings. The molecule has 0 saturated carbocycles. The van der Waals surface area contributed by atoms with Gasteiger partial charge in [0.2, 0.25) is 6.10 Å². The van der Waals surface area contributed by atoms with Gasteiger partial charge in [-0.15, -0.1) is 6.58 Å². The lowest BCUT2D eigenvalue weighted by atomic mass is 10.2. The van der Waals surface area contributed by atoms with Crippen molar-refractivity contribution < 1.29 is 9.63 Å². The number of carbonyl (C=O) groups is 1. The van der Waals surface area contributed by atoms with Crippen LogP contribution in [0.1, 0.15) is 6.42 Å². The minimum Gasteiger partial charge on any atom is -0.365 e. The molecule has 1 aliphatic heterocycles. The Balaban J connectivity index is 2.45. The molecule has 0 aromatic heterocycles. The Morgan fingerprint density at radius 2 is 2.67 bits per heavy atom. The van der Waals surface area contributed by atoms with Crippen LogP contribution in [-0.4, -0.2) is 12.0 Å². The first-order valence-electron chi connectivity index (χ1n) is 2.56. The summed E-state index contributed by atoms with van der Waals surface area (Å²) in [6.45, 7) is 3.44. The van der Waals surface area contributed by atoms with E-state index in [0.717, 1.165) is 0 Å². The number of nitrogens with zero attached hydrogens (tertiary/aromatic N) is 2. The second-order valence-corrected chi connectivity index (χ2v) is 1.64. The molecule has 1 aliphatic rings. The molecule has 0 spiro atoms. The Morgan fingerprint density at radius 3 is 3.11 bits per heavy atom. The topological polar surface area (TPSA) is 51.0 Å². The van der Waals surface area contributed by atoms with Crippen LogP contribution in [0.25, 0.3) is 0 Å². The van der Waals surface area contributed by atoms with Gasteiger partial charge in [-0.2, -0.15) is 0 Å². The second-order valence-electron chi connectivity index (χ2n) is 1.64. The third kappa shape index (κ3) is 1.13. The summed E-state index contributed by atoms with van der Waals surface area (Å²) in [7, 11) is 0. The molecule has 1 amide bonds. The van der Waals surface area contributed by atoms with Gasteiger partial charge in [0.25, 0.3) is 0 Å². The van der Waals surface area contributed by atoms with Crippen molar-refractivity contribution in [2.75, 3.05) is 0 Å². The lowest BCUT2D eigenvalue weighted by Crippen LogP contribution is -2.13. The highest BCUT2D eigenvalue weighted by molar-refractivity contribution is 5.82. The zero-order valence-electron chi connectivity index (χ0n) is 4.78. The summed E-state index contributed by atoms with van der Waals surface area (Å²) in [6.07, 6.45) is 1.56. The SMILES string of the molecule is C=CCC1ON=NC1=O. The van der Waals surface area contributed by atoms with E-state index in [0.29, 0.717) is 6.42 Å². The molecular weight excluding hydrogens is 120 g/mol. The van der Waals surface area contributed by atoms with Crippen LogP contribution in [0, 0.1) is 0 Å². The summed E-state index contributed by atoms with van der Waals surface area (Å²) in [5.41, 5.74) is 0. The molecule has 0 N–H and O–H groups in total. The summed E-state index contributed by atoms with van der Waals surface area (Å²) in [5.74, 6) is -0.324. The number of hydrogen-bond donors (Lipinski definition) is 0. The maximum absolute atomic E-state index is 10.5. The van der Waals surface area contributed by atoms with E-state index in [1.165, 1.54) is 0 Å². The molecule has 1 rings (SSSR count). The van der Waals surface area contributed by atoms with E-state index >= 15 is 0 Å². The van der Waals surface area contributed by atoms with Crippen molar-refractivity contribution in [1.29, 1.82) is 0 Å². The molecule has 0 radical (unpaired) electrons. The fraction of sp³-hybridized carbons (Fsp3) is 0.400. The number of amides is 1. The second kappa shape index (κ2) is 2.39. The van der Waals surface area contributed by atoms with E-state index in [-0.39, 0.29) is 5.91 Å². The van der Waals surface area contributed by atoms with Crippen molar-refractivity contribution in [2.45, 2.75) is 12.5 Å². The molecule has 1 heterocycles. The Morgan fingerprint density at radius 1 is 1.89 bits per heavy atom. The van der Waals surface area contributed by atoms with Crippen molar-refractivity contribution in [3.05, 3.63) is 12.7 Å². The molecule has 0 saturated heterocycles. The van der Waals surface area contributed by atoms with Crippen molar-refractivity contribution >= 4 is 5.91 Å². The summed E-state index contributed by atoms with van der Waals surface area (Å²) in [4.78, 5) is 15.1. The van der Waals surface area contributed by atoms with E-state index in [1.54, 1.807) is 6.08 Å². The summed E-state index contributed by atoms with van der Waals surface area (Å²) in [6, 6.07) is 0. The monoisotopic (exact) mass is 126 g/mol. The zero-order chi connectivity index (χ0) is 6.69. The summed E-state index contributed by atoms with van der Waals surface area (Å²) in [5, 5.41) is 6.24. The Hall–Kier alpha value is -1.19. The van der Waals surface area contributed by atoms with Crippen LogP contribution in [0.5, 0.6) is 0 Å². The number of hydrogen-bond acceptors (Lipinski definition) is 3. The van der Waals surface area contributed by atoms with Crippen LogP contribution in [0.15, 0.2) is 23.0 Å². The lowest BCUT2D eigenvalue weighted by Gasteiger charge is -1.97. The van der Waals surface area contributed by atoms with Gasteiger partial charge < -0.3 is 4.84 Å². The van der Waals surface area contributed by atoms with Gasteiger partial charge in [-0.1, -0.05) is 11.2 Å². The smallest absolute Gasteiger partial charge is 0.311 e. The van der Waals surface area contributed by atoms with Gasteiger partial charge in [-0.3, -0.25) is 4.79 Å². The fourth-order valence-corrected chi connectivity index (χ4v) is 0.525. The van der Waals surface area contributed by atoms with Crippen LogP contribution in [0.4, 0.5) is 0 Å². The highest BCUT2D eigenvalue weighted by Gasteiger charge is 2.23. The van der Waals surface area contributed by atoms with Gasteiger partial charge >= 0.3 is 5.91 Å². The number of rotatable bonds is 2. The van der Waals surface area contributed by atoms with Crippen LogP contribution in [-0.2, 0) is 9.63 Å². The van der Waals surface area contributed by atoms with E-state index in [2.05, 4.69) is 21.8 Å². The van der Waals surface area contributed by atoms with Crippen LogP contribution < -0.4 is 0 Å². The molecule has 9 heavy (non-hydrogen) atoms. The van der Waals surface area contributed by atoms with E-state index in [1.807, 2.05) is 0 Å². The van der Waals surface area contributed by atoms with Crippen molar-refractivity contribution in [3.63, 3.8) is 0 Å². The average molecular weight is 126 g/mol. The normalized spacial score (nSPS) is 24.0. The molecule has 48 valence electrons. The first-order chi connectivity index (χ1) is 4.34. The average Bonchev–Trinajstić information content (AvgIpc) is 2.18. The summed E-state index contributed by atoms with van der Waals surface area (Å²) >= 11 is 0. The minimum atomic E-state index is -0.512. The van der Waals surface area contributed by atoms with Crippen molar-refractivity contribution in [3.8, 4) is 0 Å². The van der Waals surface area contributed by atoms with Gasteiger partial charge in [0.15, 0.2) is 0 Å². The molecule has 1 unspecified atom stereocenters. The molecule has 4 nitrogen and oxygen atoms in total. The van der Waals surface area contributed by atoms with Gasteiger partial charge in [0, 0.05) is 11.7 Å². The minimum absolute atomic E-state index is 0.324. The van der Waals surface area contributed by atoms with Crippen LogP contribution >= 0.6 is 0 Å². The van der Waals surface area contributed by atoms with Gasteiger partial charge in [-0.25, -0.2) is 0 Å². The van der Waals surface area contributed by atoms with Gasteiger partial charge in [0.05, 0.1) is 0 Å². The molecule has 0 fully saturated rings. The standard InChI is InChI=1S/C5H6N2O2/c1-2-3-4-5(8)6-7-9-4/h2,4H,1,3H2. The fourth-order valence-electron chi connectivity index (χ4n) is 0.525.